The van der Waals surface area contributed by atoms with Gasteiger partial charge in [-0.05, 0) is 69.2 Å². The summed E-state index contributed by atoms with van der Waals surface area (Å²) in [5.74, 6) is 1.38. The van der Waals surface area contributed by atoms with E-state index in [1.807, 2.05) is 32.0 Å². The van der Waals surface area contributed by atoms with Crippen LogP contribution in [0.1, 0.15) is 58.4 Å². The molecule has 0 bridgehead atoms. The molecule has 1 aliphatic rings. The predicted molar refractivity (Wildman–Crippen MR) is 97.6 cm³/mol. The first-order valence-corrected chi connectivity index (χ1v) is 9.19. The van der Waals surface area contributed by atoms with Crippen molar-refractivity contribution in [1.82, 2.24) is 0 Å². The van der Waals surface area contributed by atoms with Crippen molar-refractivity contribution in [2.24, 2.45) is 5.92 Å². The maximum absolute atomic E-state index is 12.9. The Kier molecular flexibility index (Phi) is 6.67. The molecule has 0 aliphatic heterocycles. The van der Waals surface area contributed by atoms with Gasteiger partial charge < -0.3 is 14.8 Å². The molecule has 4 nitrogen and oxygen atoms in total. The van der Waals surface area contributed by atoms with Gasteiger partial charge in [-0.3, -0.25) is 4.79 Å². The number of carbonyl (C=O) groups is 1. The zero-order chi connectivity index (χ0) is 17.6. The second-order valence-electron chi connectivity index (χ2n) is 6.91. The largest absolute Gasteiger partial charge is 0.493 e. The molecule has 0 aromatic heterocycles. The summed E-state index contributed by atoms with van der Waals surface area (Å²) >= 11 is 0. The molecule has 0 saturated heterocycles. The molecule has 2 rings (SSSR count). The van der Waals surface area contributed by atoms with Gasteiger partial charge in [0.05, 0.1) is 6.61 Å². The first-order chi connectivity index (χ1) is 11.5. The summed E-state index contributed by atoms with van der Waals surface area (Å²) in [6.07, 6.45) is 4.78. The summed E-state index contributed by atoms with van der Waals surface area (Å²) in [7, 11) is 0. The standard InChI is InChI=1S/C20H31NO3/c1-5-12-23-18-10-9-17(13-16(18)4)21-19(22)20(24-6-2)11-7-8-15(3)14-20/h9-10,13,15H,5-8,11-12,14H2,1-4H3,(H,21,22)/t15-,20+/m1/s1. The number of anilines is 1. The molecule has 1 aromatic carbocycles. The lowest BCUT2D eigenvalue weighted by atomic mass is 9.78. The molecule has 1 amide bonds. The number of hydrogen-bond donors (Lipinski definition) is 1. The fourth-order valence-corrected chi connectivity index (χ4v) is 3.53. The lowest BCUT2D eigenvalue weighted by molar-refractivity contribution is -0.147. The highest BCUT2D eigenvalue weighted by atomic mass is 16.5. The van der Waals surface area contributed by atoms with Crippen LogP contribution in [0.5, 0.6) is 5.75 Å². The lowest BCUT2D eigenvalue weighted by Crippen LogP contribution is -2.48. The average molecular weight is 333 g/mol. The topological polar surface area (TPSA) is 47.6 Å². The summed E-state index contributed by atoms with van der Waals surface area (Å²) in [5, 5.41) is 3.06. The van der Waals surface area contributed by atoms with Crippen LogP contribution in [0, 0.1) is 12.8 Å². The van der Waals surface area contributed by atoms with Gasteiger partial charge in [0, 0.05) is 12.3 Å². The Hall–Kier alpha value is -1.55. The van der Waals surface area contributed by atoms with Crippen LogP contribution in [-0.4, -0.2) is 24.7 Å². The number of amides is 1. The van der Waals surface area contributed by atoms with Crippen LogP contribution in [0.4, 0.5) is 5.69 Å². The van der Waals surface area contributed by atoms with Gasteiger partial charge in [-0.2, -0.15) is 0 Å². The fraction of sp³-hybridized carbons (Fsp3) is 0.650. The van der Waals surface area contributed by atoms with E-state index in [2.05, 4.69) is 19.2 Å². The van der Waals surface area contributed by atoms with E-state index in [1.165, 1.54) is 6.42 Å². The number of ether oxygens (including phenoxy) is 2. The molecule has 1 fully saturated rings. The minimum Gasteiger partial charge on any atom is -0.493 e. The Morgan fingerprint density at radius 1 is 1.38 bits per heavy atom. The highest BCUT2D eigenvalue weighted by molar-refractivity contribution is 5.97. The maximum Gasteiger partial charge on any atom is 0.256 e. The molecule has 0 heterocycles. The number of benzene rings is 1. The van der Waals surface area contributed by atoms with Gasteiger partial charge in [-0.15, -0.1) is 0 Å². The summed E-state index contributed by atoms with van der Waals surface area (Å²) < 4.78 is 11.6. The Labute approximate surface area is 145 Å². The van der Waals surface area contributed by atoms with Crippen molar-refractivity contribution in [3.8, 4) is 5.75 Å². The molecule has 0 spiro atoms. The van der Waals surface area contributed by atoms with Gasteiger partial charge in [0.1, 0.15) is 11.4 Å². The lowest BCUT2D eigenvalue weighted by Gasteiger charge is -2.38. The fourth-order valence-electron chi connectivity index (χ4n) is 3.53. The average Bonchev–Trinajstić information content (AvgIpc) is 2.54. The van der Waals surface area contributed by atoms with Crippen LogP contribution in [0.15, 0.2) is 18.2 Å². The first kappa shape index (κ1) is 18.8. The minimum absolute atomic E-state index is 0.0162. The predicted octanol–water partition coefficient (Wildman–Crippen LogP) is 4.71. The van der Waals surface area contributed by atoms with E-state index in [9.17, 15) is 4.79 Å². The van der Waals surface area contributed by atoms with E-state index in [0.29, 0.717) is 19.1 Å². The van der Waals surface area contributed by atoms with E-state index in [1.54, 1.807) is 0 Å². The molecule has 1 aromatic rings. The summed E-state index contributed by atoms with van der Waals surface area (Å²) in [5.41, 5.74) is 1.15. The van der Waals surface area contributed by atoms with Gasteiger partial charge in [-0.1, -0.05) is 20.3 Å². The van der Waals surface area contributed by atoms with Crippen LogP contribution in [0.25, 0.3) is 0 Å². The van der Waals surface area contributed by atoms with Crippen LogP contribution in [0.3, 0.4) is 0 Å². The van der Waals surface area contributed by atoms with Gasteiger partial charge in [0.25, 0.3) is 5.91 Å². The number of rotatable bonds is 7. The van der Waals surface area contributed by atoms with Gasteiger partial charge >= 0.3 is 0 Å². The number of aryl methyl sites for hydroxylation is 1. The quantitative estimate of drug-likeness (QED) is 0.786. The molecule has 1 aliphatic carbocycles. The van der Waals surface area contributed by atoms with Crippen molar-refractivity contribution in [2.75, 3.05) is 18.5 Å². The van der Waals surface area contributed by atoms with Gasteiger partial charge in [0.2, 0.25) is 0 Å². The van der Waals surface area contributed by atoms with Crippen molar-refractivity contribution in [1.29, 1.82) is 0 Å². The van der Waals surface area contributed by atoms with Crippen molar-refractivity contribution in [2.45, 2.75) is 65.4 Å². The summed E-state index contributed by atoms with van der Waals surface area (Å²) in [6, 6.07) is 5.80. The number of nitrogens with one attached hydrogen (secondary N) is 1. The monoisotopic (exact) mass is 333 g/mol. The van der Waals surface area contributed by atoms with Crippen molar-refractivity contribution in [3.63, 3.8) is 0 Å². The Morgan fingerprint density at radius 2 is 2.17 bits per heavy atom. The van der Waals surface area contributed by atoms with Crippen molar-refractivity contribution < 1.29 is 14.3 Å². The van der Waals surface area contributed by atoms with Gasteiger partial charge in [0.15, 0.2) is 0 Å². The molecule has 2 atom stereocenters. The van der Waals surface area contributed by atoms with E-state index in [4.69, 9.17) is 9.47 Å². The number of hydrogen-bond acceptors (Lipinski definition) is 3. The van der Waals surface area contributed by atoms with E-state index in [-0.39, 0.29) is 5.91 Å². The van der Waals surface area contributed by atoms with Crippen LogP contribution in [-0.2, 0) is 9.53 Å². The maximum atomic E-state index is 12.9. The third-order valence-electron chi connectivity index (χ3n) is 4.68. The SMILES string of the molecule is CCCOc1ccc(NC(=O)[C@]2(OCC)CCC[C@@H](C)C2)cc1C. The summed E-state index contributed by atoms with van der Waals surface area (Å²) in [6.45, 7) is 9.51. The first-order valence-electron chi connectivity index (χ1n) is 9.19. The highest BCUT2D eigenvalue weighted by Crippen LogP contribution is 2.36. The molecule has 0 radical (unpaired) electrons. The Balaban J connectivity index is 2.10. The number of carbonyl (C=O) groups excluding carboxylic acids is 1. The highest BCUT2D eigenvalue weighted by Gasteiger charge is 2.42. The zero-order valence-corrected chi connectivity index (χ0v) is 15.5. The van der Waals surface area contributed by atoms with E-state index >= 15 is 0 Å². The van der Waals surface area contributed by atoms with E-state index < -0.39 is 5.60 Å². The smallest absolute Gasteiger partial charge is 0.256 e. The van der Waals surface area contributed by atoms with Crippen molar-refractivity contribution >= 4 is 11.6 Å². The Bertz CT molecular complexity index is 554. The van der Waals surface area contributed by atoms with Crippen molar-refractivity contribution in [3.05, 3.63) is 23.8 Å². The molecule has 1 saturated carbocycles. The zero-order valence-electron chi connectivity index (χ0n) is 15.5. The van der Waals surface area contributed by atoms with Gasteiger partial charge in [-0.25, -0.2) is 0 Å². The normalized spacial score (nSPS) is 23.8. The molecule has 0 unspecified atom stereocenters. The molecule has 24 heavy (non-hydrogen) atoms. The van der Waals surface area contributed by atoms with Crippen LogP contribution in [0.2, 0.25) is 0 Å². The molecular formula is C20H31NO3. The second-order valence-corrected chi connectivity index (χ2v) is 6.91. The van der Waals surface area contributed by atoms with Crippen LogP contribution >= 0.6 is 0 Å². The molecule has 1 N–H and O–H groups in total. The Morgan fingerprint density at radius 3 is 2.79 bits per heavy atom. The third-order valence-corrected chi connectivity index (χ3v) is 4.68. The summed E-state index contributed by atoms with van der Waals surface area (Å²) in [4.78, 5) is 12.9. The van der Waals surface area contributed by atoms with Crippen LogP contribution < -0.4 is 10.1 Å². The second kappa shape index (κ2) is 8.52. The molecular weight excluding hydrogens is 302 g/mol. The minimum atomic E-state index is -0.683. The third kappa shape index (κ3) is 4.50. The molecule has 134 valence electrons. The molecule has 4 heteroatoms. The van der Waals surface area contributed by atoms with E-state index in [0.717, 1.165) is 42.7 Å².